The molecule has 3 aromatic rings. The zero-order chi connectivity index (χ0) is 20.5. The van der Waals surface area contributed by atoms with Gasteiger partial charge in [0.25, 0.3) is 5.78 Å². The minimum atomic E-state index is -0.135. The summed E-state index contributed by atoms with van der Waals surface area (Å²) < 4.78 is 7.25. The van der Waals surface area contributed by atoms with Gasteiger partial charge in [0.05, 0.1) is 18.6 Å². The zero-order valence-corrected chi connectivity index (χ0v) is 17.8. The lowest BCUT2D eigenvalue weighted by Gasteiger charge is -2.21. The maximum absolute atomic E-state index is 12.6. The zero-order valence-electron chi connectivity index (χ0n) is 17.0. The fourth-order valence-electron chi connectivity index (χ4n) is 2.88. The van der Waals surface area contributed by atoms with Gasteiger partial charge in [0.1, 0.15) is 5.75 Å². The number of thioether (sulfide) groups is 1. The molecule has 3 rings (SSSR count). The summed E-state index contributed by atoms with van der Waals surface area (Å²) in [5, 5.41) is 11.9. The number of carbonyl (C=O) groups is 1. The van der Waals surface area contributed by atoms with E-state index in [9.17, 15) is 4.79 Å². The molecule has 0 aliphatic heterocycles. The van der Waals surface area contributed by atoms with Crippen molar-refractivity contribution in [3.63, 3.8) is 0 Å². The molecule has 2 heterocycles. The predicted octanol–water partition coefficient (Wildman–Crippen LogP) is 3.78. The molecule has 148 valence electrons. The van der Waals surface area contributed by atoms with E-state index in [0.29, 0.717) is 22.4 Å². The molecule has 1 aromatic carbocycles. The van der Waals surface area contributed by atoms with Crippen molar-refractivity contribution in [1.29, 1.82) is 0 Å². The lowest BCUT2D eigenvalue weighted by atomic mass is 9.87. The van der Waals surface area contributed by atoms with E-state index in [4.69, 9.17) is 4.74 Å². The highest BCUT2D eigenvalue weighted by Crippen LogP contribution is 2.31. The normalized spacial score (nSPS) is 11.6. The van der Waals surface area contributed by atoms with Crippen molar-refractivity contribution in [1.82, 2.24) is 19.6 Å². The summed E-state index contributed by atoms with van der Waals surface area (Å²) >= 11 is 1.32. The SMILES string of the molecule is COc1ccc(C(C)(C)C)cc1NC(=O)CSc1nnc2nc(C)cc(C)n12. The molecule has 0 radical (unpaired) electrons. The van der Waals surface area contributed by atoms with Gasteiger partial charge in [0.15, 0.2) is 5.16 Å². The number of fused-ring (bicyclic) bond motifs is 1. The Morgan fingerprint density at radius 2 is 1.96 bits per heavy atom. The first kappa shape index (κ1) is 20.1. The Labute approximate surface area is 168 Å². The number of aromatic nitrogens is 4. The van der Waals surface area contributed by atoms with Crippen molar-refractivity contribution in [2.45, 2.75) is 45.2 Å². The number of aryl methyl sites for hydroxylation is 2. The maximum Gasteiger partial charge on any atom is 0.256 e. The van der Waals surface area contributed by atoms with Gasteiger partial charge < -0.3 is 10.1 Å². The number of hydrogen-bond acceptors (Lipinski definition) is 6. The van der Waals surface area contributed by atoms with Gasteiger partial charge in [-0.2, -0.15) is 0 Å². The molecular weight excluding hydrogens is 374 g/mol. The molecule has 0 spiro atoms. The summed E-state index contributed by atoms with van der Waals surface area (Å²) in [6.45, 7) is 10.3. The van der Waals surface area contributed by atoms with Gasteiger partial charge in [-0.05, 0) is 43.0 Å². The summed E-state index contributed by atoms with van der Waals surface area (Å²) in [5.74, 6) is 1.25. The summed E-state index contributed by atoms with van der Waals surface area (Å²) in [6.07, 6.45) is 0. The molecule has 28 heavy (non-hydrogen) atoms. The lowest BCUT2D eigenvalue weighted by Crippen LogP contribution is -2.17. The van der Waals surface area contributed by atoms with Crippen molar-refractivity contribution < 1.29 is 9.53 Å². The Hall–Kier alpha value is -2.61. The molecule has 0 fully saturated rings. The van der Waals surface area contributed by atoms with E-state index >= 15 is 0 Å². The minimum absolute atomic E-state index is 0.0242. The van der Waals surface area contributed by atoms with Crippen molar-refractivity contribution >= 4 is 29.1 Å². The molecule has 0 saturated carbocycles. The fourth-order valence-corrected chi connectivity index (χ4v) is 3.67. The van der Waals surface area contributed by atoms with Crippen molar-refractivity contribution in [3.05, 3.63) is 41.2 Å². The molecule has 1 amide bonds. The third kappa shape index (κ3) is 4.27. The average Bonchev–Trinajstić information content (AvgIpc) is 3.02. The first-order valence-corrected chi connectivity index (χ1v) is 9.98. The molecule has 7 nitrogen and oxygen atoms in total. The van der Waals surface area contributed by atoms with E-state index in [0.717, 1.165) is 17.0 Å². The van der Waals surface area contributed by atoms with E-state index in [-0.39, 0.29) is 17.1 Å². The Bertz CT molecular complexity index is 1020. The number of nitrogens with one attached hydrogen (secondary N) is 1. The standard InChI is InChI=1S/C20H25N5O2S/c1-12-9-13(2)25-18(21-12)23-24-19(25)28-11-17(26)22-15-10-14(20(3,4)5)7-8-16(15)27-6/h7-10H,11H2,1-6H3,(H,22,26). The summed E-state index contributed by atoms with van der Waals surface area (Å²) in [4.78, 5) is 16.9. The number of benzene rings is 1. The summed E-state index contributed by atoms with van der Waals surface area (Å²) in [5.41, 5.74) is 3.63. The first-order chi connectivity index (χ1) is 13.2. The third-order valence-electron chi connectivity index (χ3n) is 4.34. The Morgan fingerprint density at radius 1 is 1.21 bits per heavy atom. The van der Waals surface area contributed by atoms with E-state index in [1.54, 1.807) is 7.11 Å². The lowest BCUT2D eigenvalue weighted by molar-refractivity contribution is -0.113. The molecule has 2 aromatic heterocycles. The van der Waals surface area contributed by atoms with Crippen LogP contribution in [0, 0.1) is 13.8 Å². The van der Waals surface area contributed by atoms with Crippen LogP contribution in [0.25, 0.3) is 5.78 Å². The topological polar surface area (TPSA) is 81.4 Å². The highest BCUT2D eigenvalue weighted by atomic mass is 32.2. The van der Waals surface area contributed by atoms with Gasteiger partial charge in [0.2, 0.25) is 5.91 Å². The van der Waals surface area contributed by atoms with E-state index in [1.165, 1.54) is 11.8 Å². The maximum atomic E-state index is 12.6. The van der Waals surface area contributed by atoms with Crippen LogP contribution in [0.5, 0.6) is 5.75 Å². The second-order valence-electron chi connectivity index (χ2n) is 7.66. The number of rotatable bonds is 5. The van der Waals surface area contributed by atoms with Gasteiger partial charge in [-0.15, -0.1) is 10.2 Å². The fraction of sp³-hybridized carbons (Fsp3) is 0.400. The van der Waals surface area contributed by atoms with Gasteiger partial charge in [0, 0.05) is 11.4 Å². The number of methoxy groups -OCH3 is 1. The molecular formula is C20H25N5O2S. The van der Waals surface area contributed by atoms with Gasteiger partial charge >= 0.3 is 0 Å². The van der Waals surface area contributed by atoms with Crippen LogP contribution in [-0.2, 0) is 10.2 Å². The molecule has 0 unspecified atom stereocenters. The number of hydrogen-bond donors (Lipinski definition) is 1. The smallest absolute Gasteiger partial charge is 0.256 e. The monoisotopic (exact) mass is 399 g/mol. The highest BCUT2D eigenvalue weighted by Gasteiger charge is 2.18. The van der Waals surface area contributed by atoms with Crippen molar-refractivity contribution in [2.75, 3.05) is 18.2 Å². The van der Waals surface area contributed by atoms with Crippen LogP contribution in [0.2, 0.25) is 0 Å². The van der Waals surface area contributed by atoms with Gasteiger partial charge in [-0.1, -0.05) is 38.6 Å². The van der Waals surface area contributed by atoms with Crippen LogP contribution in [-0.4, -0.2) is 38.4 Å². The van der Waals surface area contributed by atoms with Crippen LogP contribution >= 0.6 is 11.8 Å². The average molecular weight is 400 g/mol. The number of nitrogens with zero attached hydrogens (tertiary/aromatic N) is 4. The summed E-state index contributed by atoms with van der Waals surface area (Å²) in [7, 11) is 1.59. The largest absolute Gasteiger partial charge is 0.495 e. The molecule has 0 atom stereocenters. The van der Waals surface area contributed by atoms with Crippen LogP contribution < -0.4 is 10.1 Å². The van der Waals surface area contributed by atoms with Gasteiger partial charge in [-0.25, -0.2) is 4.98 Å². The second kappa shape index (κ2) is 7.79. The second-order valence-corrected chi connectivity index (χ2v) is 8.60. The quantitative estimate of drug-likeness (QED) is 0.658. The molecule has 0 aliphatic carbocycles. The highest BCUT2D eigenvalue weighted by molar-refractivity contribution is 7.99. The van der Waals surface area contributed by atoms with E-state index in [2.05, 4.69) is 41.3 Å². The van der Waals surface area contributed by atoms with E-state index in [1.807, 2.05) is 42.5 Å². The van der Waals surface area contributed by atoms with E-state index < -0.39 is 0 Å². The Balaban J connectivity index is 1.75. The van der Waals surface area contributed by atoms with Crippen LogP contribution in [0.4, 0.5) is 5.69 Å². The molecule has 0 saturated heterocycles. The summed E-state index contributed by atoms with van der Waals surface area (Å²) in [6, 6.07) is 7.82. The van der Waals surface area contributed by atoms with Crippen molar-refractivity contribution in [3.8, 4) is 5.75 Å². The molecule has 1 N–H and O–H groups in total. The molecule has 0 bridgehead atoms. The third-order valence-corrected chi connectivity index (χ3v) is 5.26. The number of anilines is 1. The number of carbonyl (C=O) groups excluding carboxylic acids is 1. The van der Waals surface area contributed by atoms with Crippen LogP contribution in [0.3, 0.4) is 0 Å². The Morgan fingerprint density at radius 3 is 2.64 bits per heavy atom. The van der Waals surface area contributed by atoms with Crippen LogP contribution in [0.15, 0.2) is 29.4 Å². The van der Waals surface area contributed by atoms with Crippen LogP contribution in [0.1, 0.15) is 37.7 Å². The first-order valence-electron chi connectivity index (χ1n) is 8.99. The predicted molar refractivity (Wildman–Crippen MR) is 111 cm³/mol. The molecule has 0 aliphatic rings. The number of ether oxygens (including phenoxy) is 1. The van der Waals surface area contributed by atoms with Crippen molar-refractivity contribution in [2.24, 2.45) is 0 Å². The number of amides is 1. The minimum Gasteiger partial charge on any atom is -0.495 e. The molecule has 8 heteroatoms. The Kier molecular flexibility index (Phi) is 5.60. The van der Waals surface area contributed by atoms with Gasteiger partial charge in [-0.3, -0.25) is 9.20 Å².